The van der Waals surface area contributed by atoms with Crippen molar-refractivity contribution >= 4 is 52.2 Å². The number of morpholine rings is 1. The van der Waals surface area contributed by atoms with E-state index in [1.807, 2.05) is 13.8 Å². The molecule has 45 heavy (non-hydrogen) atoms. The Bertz CT molecular complexity index is 1720. The first kappa shape index (κ1) is 33.6. The normalized spacial score (nSPS) is 14.4. The van der Waals surface area contributed by atoms with E-state index in [0.29, 0.717) is 28.4 Å². The van der Waals surface area contributed by atoms with Crippen LogP contribution in [0.15, 0.2) is 40.6 Å². The van der Waals surface area contributed by atoms with Gasteiger partial charge < -0.3 is 9.64 Å². The Balaban J connectivity index is 1.77. The standard InChI is InChI=1S/C29H24Cl2F6N4O2S2/c1-14(2)44-26-23(16-4-5-20(30)21(31)12-16)38-27(45-26)41-24(25(42)40-6-8-43-9-7-40)22(15(3)39-41)17-10-18(28(32,33)34)13-19(11-17)29(35,36)37/h4-5,10-14H,6-9H2,1-3H3. The van der Waals surface area contributed by atoms with Gasteiger partial charge in [0.05, 0.1) is 50.0 Å². The SMILES string of the molecule is Cc1nn(-c2nc(-c3ccc(Cl)c(Cl)c3)c(SC(C)C)s2)c(C(=O)N2CCOCC2)c1-c1cc(C(F)(F)F)cc(C(F)(F)F)c1. The summed E-state index contributed by atoms with van der Waals surface area (Å²) in [6.07, 6.45) is -10.2. The van der Waals surface area contributed by atoms with Crippen LogP contribution in [0.1, 0.15) is 41.2 Å². The van der Waals surface area contributed by atoms with Crippen molar-refractivity contribution in [1.82, 2.24) is 19.7 Å². The summed E-state index contributed by atoms with van der Waals surface area (Å²) in [4.78, 5) is 20.3. The minimum absolute atomic E-state index is 0.0448. The highest BCUT2D eigenvalue weighted by atomic mass is 35.5. The smallest absolute Gasteiger partial charge is 0.378 e. The first-order valence-corrected chi connectivity index (χ1v) is 15.9. The zero-order chi connectivity index (χ0) is 32.8. The molecule has 0 radical (unpaired) electrons. The summed E-state index contributed by atoms with van der Waals surface area (Å²) >= 11 is 15.1. The van der Waals surface area contributed by atoms with Crippen LogP contribution < -0.4 is 0 Å². The molecule has 0 aliphatic carbocycles. The molecule has 0 atom stereocenters. The third kappa shape index (κ3) is 7.14. The average molecular weight is 710 g/mol. The predicted octanol–water partition coefficient (Wildman–Crippen LogP) is 9.29. The summed E-state index contributed by atoms with van der Waals surface area (Å²) in [5, 5.41) is 5.40. The molecule has 0 unspecified atom stereocenters. The Labute approximate surface area is 272 Å². The van der Waals surface area contributed by atoms with Crippen LogP contribution in [0.25, 0.3) is 27.5 Å². The molecule has 0 bridgehead atoms. The molecular weight excluding hydrogens is 685 g/mol. The Morgan fingerprint density at radius 1 is 0.956 bits per heavy atom. The summed E-state index contributed by atoms with van der Waals surface area (Å²) in [7, 11) is 0. The number of nitrogens with zero attached hydrogens (tertiary/aromatic N) is 4. The number of aromatic nitrogens is 3. The molecule has 0 N–H and O–H groups in total. The molecule has 6 nitrogen and oxygen atoms in total. The molecule has 5 rings (SSSR count). The maximum absolute atomic E-state index is 14.1. The second-order valence-corrected chi connectivity index (χ2v) is 14.0. The summed E-state index contributed by atoms with van der Waals surface area (Å²) in [6, 6.07) is 6.21. The van der Waals surface area contributed by atoms with Gasteiger partial charge in [0.25, 0.3) is 5.91 Å². The van der Waals surface area contributed by atoms with Crippen LogP contribution in [-0.2, 0) is 17.1 Å². The fourth-order valence-corrected chi connectivity index (χ4v) is 7.51. The van der Waals surface area contributed by atoms with Gasteiger partial charge in [-0.3, -0.25) is 4.79 Å². The van der Waals surface area contributed by atoms with Gasteiger partial charge in [-0.05, 0) is 42.8 Å². The number of hydrogen-bond acceptors (Lipinski definition) is 6. The monoisotopic (exact) mass is 708 g/mol. The van der Waals surface area contributed by atoms with Crippen molar-refractivity contribution in [2.24, 2.45) is 0 Å². The molecule has 1 aliphatic rings. The van der Waals surface area contributed by atoms with E-state index in [1.54, 1.807) is 18.2 Å². The highest BCUT2D eigenvalue weighted by Crippen LogP contribution is 2.44. The predicted molar refractivity (Wildman–Crippen MR) is 163 cm³/mol. The number of alkyl halides is 6. The number of amides is 1. The topological polar surface area (TPSA) is 60.2 Å². The first-order chi connectivity index (χ1) is 21.0. The van der Waals surface area contributed by atoms with Crippen LogP contribution in [0, 0.1) is 6.92 Å². The van der Waals surface area contributed by atoms with Crippen molar-refractivity contribution in [2.45, 2.75) is 42.6 Å². The van der Waals surface area contributed by atoms with Crippen LogP contribution >= 0.6 is 46.3 Å². The van der Waals surface area contributed by atoms with E-state index in [4.69, 9.17) is 32.9 Å². The molecule has 2 aromatic heterocycles. The first-order valence-electron chi connectivity index (χ1n) is 13.4. The van der Waals surface area contributed by atoms with Gasteiger partial charge in [-0.25, -0.2) is 4.98 Å². The van der Waals surface area contributed by atoms with E-state index in [1.165, 1.54) is 39.6 Å². The van der Waals surface area contributed by atoms with Gasteiger partial charge in [0, 0.05) is 29.5 Å². The lowest BCUT2D eigenvalue weighted by Gasteiger charge is -2.27. The van der Waals surface area contributed by atoms with E-state index in [9.17, 15) is 31.1 Å². The van der Waals surface area contributed by atoms with E-state index in [0.717, 1.165) is 4.21 Å². The molecule has 3 heterocycles. The van der Waals surface area contributed by atoms with Crippen molar-refractivity contribution in [3.63, 3.8) is 0 Å². The van der Waals surface area contributed by atoms with Crippen molar-refractivity contribution in [2.75, 3.05) is 26.3 Å². The number of carbonyl (C=O) groups excluding carboxylic acids is 1. The number of hydrogen-bond donors (Lipinski definition) is 0. The van der Waals surface area contributed by atoms with Gasteiger partial charge in [-0.1, -0.05) is 54.5 Å². The minimum Gasteiger partial charge on any atom is -0.378 e. The molecule has 4 aromatic rings. The molecule has 2 aromatic carbocycles. The number of halogens is 8. The van der Waals surface area contributed by atoms with E-state index in [2.05, 4.69) is 5.10 Å². The number of ether oxygens (including phenoxy) is 1. The van der Waals surface area contributed by atoms with Crippen LogP contribution in [-0.4, -0.2) is 57.1 Å². The second kappa shape index (κ2) is 12.8. The minimum atomic E-state index is -5.08. The highest BCUT2D eigenvalue weighted by molar-refractivity contribution is 8.01. The van der Waals surface area contributed by atoms with Gasteiger partial charge in [0.2, 0.25) is 5.13 Å². The number of aryl methyl sites for hydroxylation is 1. The molecule has 0 saturated carbocycles. The van der Waals surface area contributed by atoms with E-state index >= 15 is 0 Å². The van der Waals surface area contributed by atoms with Crippen LogP contribution in [0.2, 0.25) is 10.0 Å². The van der Waals surface area contributed by atoms with E-state index < -0.39 is 35.0 Å². The quantitative estimate of drug-likeness (QED) is 0.148. The number of thioether (sulfide) groups is 1. The molecular formula is C29H24Cl2F6N4O2S2. The zero-order valence-corrected chi connectivity index (χ0v) is 27.0. The maximum Gasteiger partial charge on any atom is 0.416 e. The van der Waals surface area contributed by atoms with Gasteiger partial charge in [-0.15, -0.1) is 11.8 Å². The van der Waals surface area contributed by atoms with Crippen molar-refractivity contribution in [3.8, 4) is 27.5 Å². The van der Waals surface area contributed by atoms with Crippen LogP contribution in [0.3, 0.4) is 0 Å². The second-order valence-electron chi connectivity index (χ2n) is 10.3. The van der Waals surface area contributed by atoms with Crippen LogP contribution in [0.4, 0.5) is 26.3 Å². The van der Waals surface area contributed by atoms with Gasteiger partial charge >= 0.3 is 12.4 Å². The fraction of sp³-hybridized carbons (Fsp3) is 0.345. The average Bonchev–Trinajstić information content (AvgIpc) is 3.53. The van der Waals surface area contributed by atoms with Gasteiger partial charge in [0.15, 0.2) is 0 Å². The zero-order valence-electron chi connectivity index (χ0n) is 23.8. The van der Waals surface area contributed by atoms with Gasteiger partial charge in [0.1, 0.15) is 5.69 Å². The number of thiazole rings is 1. The molecule has 0 spiro atoms. The summed E-state index contributed by atoms with van der Waals surface area (Å²) in [5.41, 5.74) is -2.66. The Hall–Kier alpha value is -2.78. The van der Waals surface area contributed by atoms with Crippen molar-refractivity contribution in [3.05, 3.63) is 69.0 Å². The molecule has 1 saturated heterocycles. The highest BCUT2D eigenvalue weighted by Gasteiger charge is 2.39. The largest absolute Gasteiger partial charge is 0.416 e. The lowest BCUT2D eigenvalue weighted by molar-refractivity contribution is -0.143. The molecule has 16 heteroatoms. The summed E-state index contributed by atoms with van der Waals surface area (Å²) < 4.78 is 90.3. The molecule has 1 amide bonds. The summed E-state index contributed by atoms with van der Waals surface area (Å²) in [6.45, 7) is 6.12. The van der Waals surface area contributed by atoms with Crippen LogP contribution in [0.5, 0.6) is 0 Å². The number of rotatable bonds is 6. The number of carbonyl (C=O) groups is 1. The van der Waals surface area contributed by atoms with Crippen molar-refractivity contribution < 1.29 is 35.9 Å². The summed E-state index contributed by atoms with van der Waals surface area (Å²) in [5.74, 6) is -0.635. The third-order valence-electron chi connectivity index (χ3n) is 6.74. The van der Waals surface area contributed by atoms with Gasteiger partial charge in [-0.2, -0.15) is 36.1 Å². The van der Waals surface area contributed by atoms with Crippen molar-refractivity contribution in [1.29, 1.82) is 0 Å². The number of benzene rings is 2. The maximum atomic E-state index is 14.1. The fourth-order valence-electron chi connectivity index (χ4n) is 4.73. The molecule has 240 valence electrons. The molecule has 1 fully saturated rings. The Morgan fingerprint density at radius 3 is 2.13 bits per heavy atom. The third-order valence-corrected chi connectivity index (χ3v) is 9.72. The lowest BCUT2D eigenvalue weighted by Crippen LogP contribution is -2.41. The Kier molecular flexibility index (Phi) is 9.54. The van der Waals surface area contributed by atoms with E-state index in [-0.39, 0.29) is 64.7 Å². The lowest BCUT2D eigenvalue weighted by atomic mass is 9.97. The Morgan fingerprint density at radius 2 is 1.58 bits per heavy atom. The molecule has 1 aliphatic heterocycles.